The SMILES string of the molecule is C=Cc1ccccc1CN(N)c1nc(C(C)(C)C)nc(Cl)c1N. The van der Waals surface area contributed by atoms with Crippen molar-refractivity contribution < 1.29 is 0 Å². The maximum absolute atomic E-state index is 6.20. The van der Waals surface area contributed by atoms with Gasteiger partial charge in [0, 0.05) is 5.41 Å². The lowest BCUT2D eigenvalue weighted by atomic mass is 9.96. The highest BCUT2D eigenvalue weighted by molar-refractivity contribution is 6.32. The fraction of sp³-hybridized carbons (Fsp3) is 0.294. The first-order valence-corrected chi connectivity index (χ1v) is 7.68. The predicted molar refractivity (Wildman–Crippen MR) is 97.1 cm³/mol. The Kier molecular flexibility index (Phi) is 4.92. The topological polar surface area (TPSA) is 81.1 Å². The Hall–Kier alpha value is -2.11. The minimum Gasteiger partial charge on any atom is -0.393 e. The number of hydrogen-bond acceptors (Lipinski definition) is 5. The molecule has 1 aromatic heterocycles. The van der Waals surface area contributed by atoms with Crippen LogP contribution >= 0.6 is 11.6 Å². The van der Waals surface area contributed by atoms with Gasteiger partial charge in [-0.2, -0.15) is 0 Å². The van der Waals surface area contributed by atoms with Crippen LogP contribution in [0.3, 0.4) is 0 Å². The molecule has 0 saturated heterocycles. The molecule has 6 heteroatoms. The summed E-state index contributed by atoms with van der Waals surface area (Å²) in [5.41, 5.74) is 8.08. The Bertz CT molecular complexity index is 721. The van der Waals surface area contributed by atoms with Crippen molar-refractivity contribution in [2.75, 3.05) is 10.7 Å². The summed E-state index contributed by atoms with van der Waals surface area (Å²) >= 11 is 6.16. The van der Waals surface area contributed by atoms with Crippen LogP contribution in [0.5, 0.6) is 0 Å². The van der Waals surface area contributed by atoms with Gasteiger partial charge in [-0.1, -0.05) is 69.3 Å². The molecular formula is C17H22ClN5. The smallest absolute Gasteiger partial charge is 0.171 e. The van der Waals surface area contributed by atoms with Crippen molar-refractivity contribution in [1.29, 1.82) is 0 Å². The molecule has 0 atom stereocenters. The van der Waals surface area contributed by atoms with Gasteiger partial charge in [0.25, 0.3) is 0 Å². The van der Waals surface area contributed by atoms with Crippen LogP contribution in [-0.4, -0.2) is 9.97 Å². The Morgan fingerprint density at radius 3 is 2.52 bits per heavy atom. The summed E-state index contributed by atoms with van der Waals surface area (Å²) < 4.78 is 0. The molecule has 1 heterocycles. The standard InChI is InChI=1S/C17H22ClN5/c1-5-11-8-6-7-9-12(11)10-23(20)15-13(19)14(18)21-16(22-15)17(2,3)4/h5-9H,1,10,19-20H2,2-4H3. The molecule has 2 rings (SSSR count). The first kappa shape index (κ1) is 17.2. The number of nitrogen functional groups attached to an aromatic ring is 1. The first-order chi connectivity index (χ1) is 10.7. The van der Waals surface area contributed by atoms with E-state index in [0.717, 1.165) is 11.1 Å². The average Bonchev–Trinajstić information content (AvgIpc) is 2.49. The number of anilines is 2. The Morgan fingerprint density at radius 2 is 1.91 bits per heavy atom. The highest BCUT2D eigenvalue weighted by Crippen LogP contribution is 2.30. The molecule has 4 N–H and O–H groups in total. The summed E-state index contributed by atoms with van der Waals surface area (Å²) in [5.74, 6) is 7.22. The van der Waals surface area contributed by atoms with Crippen LogP contribution in [0.2, 0.25) is 5.15 Å². The minimum atomic E-state index is -0.258. The largest absolute Gasteiger partial charge is 0.393 e. The number of benzene rings is 1. The van der Waals surface area contributed by atoms with E-state index < -0.39 is 0 Å². The summed E-state index contributed by atoms with van der Waals surface area (Å²) in [5, 5.41) is 1.70. The number of halogens is 1. The van der Waals surface area contributed by atoms with Crippen molar-refractivity contribution in [2.24, 2.45) is 5.84 Å². The number of rotatable bonds is 4. The zero-order valence-corrected chi connectivity index (χ0v) is 14.4. The highest BCUT2D eigenvalue weighted by Gasteiger charge is 2.23. The normalized spacial score (nSPS) is 11.3. The average molecular weight is 332 g/mol. The number of nitrogens with zero attached hydrogens (tertiary/aromatic N) is 3. The second-order valence-electron chi connectivity index (χ2n) is 6.36. The van der Waals surface area contributed by atoms with Crippen LogP contribution < -0.4 is 16.6 Å². The summed E-state index contributed by atoms with van der Waals surface area (Å²) in [6, 6.07) is 7.87. The Labute approximate surface area is 142 Å². The van der Waals surface area contributed by atoms with Crippen molar-refractivity contribution in [3.05, 3.63) is 52.9 Å². The van der Waals surface area contributed by atoms with Crippen LogP contribution in [-0.2, 0) is 12.0 Å². The summed E-state index contributed by atoms with van der Waals surface area (Å²) in [7, 11) is 0. The van der Waals surface area contributed by atoms with Crippen molar-refractivity contribution in [3.8, 4) is 0 Å². The quantitative estimate of drug-likeness (QED) is 0.509. The molecule has 2 aromatic rings. The van der Waals surface area contributed by atoms with Crippen molar-refractivity contribution >= 4 is 29.2 Å². The van der Waals surface area contributed by atoms with E-state index in [9.17, 15) is 0 Å². The molecule has 0 saturated carbocycles. The molecule has 1 aromatic carbocycles. The van der Waals surface area contributed by atoms with E-state index in [0.29, 0.717) is 18.2 Å². The second kappa shape index (κ2) is 6.56. The van der Waals surface area contributed by atoms with Gasteiger partial charge < -0.3 is 5.73 Å². The van der Waals surface area contributed by atoms with E-state index in [-0.39, 0.29) is 16.3 Å². The molecule has 0 aliphatic heterocycles. The molecule has 23 heavy (non-hydrogen) atoms. The van der Waals surface area contributed by atoms with Crippen molar-refractivity contribution in [1.82, 2.24) is 9.97 Å². The summed E-state index contributed by atoms with van der Waals surface area (Å²) in [6.45, 7) is 10.3. The molecule has 5 nitrogen and oxygen atoms in total. The minimum absolute atomic E-state index is 0.215. The Balaban J connectivity index is 2.41. The molecule has 0 aliphatic carbocycles. The zero-order valence-electron chi connectivity index (χ0n) is 13.7. The van der Waals surface area contributed by atoms with Gasteiger partial charge in [-0.05, 0) is 11.1 Å². The van der Waals surface area contributed by atoms with Gasteiger partial charge >= 0.3 is 0 Å². The lowest BCUT2D eigenvalue weighted by Crippen LogP contribution is -2.33. The molecule has 0 spiro atoms. The molecular weight excluding hydrogens is 310 g/mol. The van der Waals surface area contributed by atoms with Crippen LogP contribution in [0.25, 0.3) is 6.08 Å². The molecule has 0 unspecified atom stereocenters. The monoisotopic (exact) mass is 331 g/mol. The molecule has 0 radical (unpaired) electrons. The van der Waals surface area contributed by atoms with Gasteiger partial charge in [-0.25, -0.2) is 15.8 Å². The molecule has 122 valence electrons. The van der Waals surface area contributed by atoms with Gasteiger partial charge in [0.1, 0.15) is 11.5 Å². The van der Waals surface area contributed by atoms with Crippen LogP contribution in [0.1, 0.15) is 37.7 Å². The van der Waals surface area contributed by atoms with Gasteiger partial charge in [0.05, 0.1) is 6.54 Å². The fourth-order valence-electron chi connectivity index (χ4n) is 2.12. The summed E-state index contributed by atoms with van der Waals surface area (Å²) in [6.07, 6.45) is 1.79. The molecule has 0 bridgehead atoms. The van der Waals surface area contributed by atoms with Gasteiger partial charge in [0.15, 0.2) is 11.0 Å². The molecule has 0 amide bonds. The first-order valence-electron chi connectivity index (χ1n) is 7.30. The van der Waals surface area contributed by atoms with E-state index in [4.69, 9.17) is 23.2 Å². The number of hydrazine groups is 1. The predicted octanol–water partition coefficient (Wildman–Crippen LogP) is 3.53. The number of aromatic nitrogens is 2. The van der Waals surface area contributed by atoms with E-state index in [1.54, 1.807) is 6.08 Å². The van der Waals surface area contributed by atoms with Crippen LogP contribution in [0, 0.1) is 0 Å². The maximum Gasteiger partial charge on any atom is 0.171 e. The van der Waals surface area contributed by atoms with Gasteiger partial charge in [0.2, 0.25) is 0 Å². The Morgan fingerprint density at radius 1 is 1.26 bits per heavy atom. The third-order valence-corrected chi connectivity index (χ3v) is 3.73. The fourth-order valence-corrected chi connectivity index (χ4v) is 2.29. The lowest BCUT2D eigenvalue weighted by molar-refractivity contribution is 0.544. The molecule has 0 fully saturated rings. The third-order valence-electron chi connectivity index (χ3n) is 3.44. The number of hydrogen-bond donors (Lipinski definition) is 2. The van der Waals surface area contributed by atoms with E-state index in [1.807, 2.05) is 45.0 Å². The number of nitrogens with two attached hydrogens (primary N) is 2. The maximum atomic E-state index is 6.20. The van der Waals surface area contributed by atoms with Crippen molar-refractivity contribution in [3.63, 3.8) is 0 Å². The van der Waals surface area contributed by atoms with Crippen molar-refractivity contribution in [2.45, 2.75) is 32.7 Å². The highest BCUT2D eigenvalue weighted by atomic mass is 35.5. The molecule has 0 aliphatic rings. The lowest BCUT2D eigenvalue weighted by Gasteiger charge is -2.24. The van der Waals surface area contributed by atoms with Gasteiger partial charge in [-0.15, -0.1) is 0 Å². The second-order valence-corrected chi connectivity index (χ2v) is 6.71. The van der Waals surface area contributed by atoms with Crippen LogP contribution in [0.15, 0.2) is 30.8 Å². The van der Waals surface area contributed by atoms with Gasteiger partial charge in [-0.3, -0.25) is 5.01 Å². The van der Waals surface area contributed by atoms with E-state index in [2.05, 4.69) is 16.5 Å². The third kappa shape index (κ3) is 3.81. The van der Waals surface area contributed by atoms with Crippen LogP contribution in [0.4, 0.5) is 11.5 Å². The summed E-state index contributed by atoms with van der Waals surface area (Å²) in [4.78, 5) is 8.77. The zero-order chi connectivity index (χ0) is 17.2. The van der Waals surface area contributed by atoms with E-state index >= 15 is 0 Å². The van der Waals surface area contributed by atoms with E-state index in [1.165, 1.54) is 5.01 Å².